The van der Waals surface area contributed by atoms with Crippen LogP contribution in [0.2, 0.25) is 0 Å². The second kappa shape index (κ2) is 7.99. The Morgan fingerprint density at radius 3 is 2.26 bits per heavy atom. The molecule has 4 heteroatoms. The van der Waals surface area contributed by atoms with Crippen molar-refractivity contribution in [3.05, 3.63) is 130 Å². The predicted octanol–water partition coefficient (Wildman–Crippen LogP) is 8.01. The summed E-state index contributed by atoms with van der Waals surface area (Å²) in [7, 11) is 0. The summed E-state index contributed by atoms with van der Waals surface area (Å²) in [6.07, 6.45) is 1.76. The molecule has 4 aliphatic rings. The largest absolute Gasteiger partial charge is 0.301 e. The maximum atomic E-state index is 14.0. The summed E-state index contributed by atoms with van der Waals surface area (Å²) in [5.74, 6) is 0.338. The summed E-state index contributed by atoms with van der Waals surface area (Å²) >= 11 is 1.50. The fourth-order valence-corrected chi connectivity index (χ4v) is 7.91. The number of carbonyl (C=O) groups is 1. The number of benzene rings is 4. The van der Waals surface area contributed by atoms with E-state index < -0.39 is 5.41 Å². The molecule has 1 unspecified atom stereocenters. The van der Waals surface area contributed by atoms with Crippen LogP contribution in [-0.4, -0.2) is 10.9 Å². The van der Waals surface area contributed by atoms with Crippen molar-refractivity contribution in [3.8, 4) is 22.4 Å². The van der Waals surface area contributed by atoms with Crippen LogP contribution in [0.15, 0.2) is 96.4 Å². The molecule has 0 fully saturated rings. The lowest BCUT2D eigenvalue weighted by Crippen LogP contribution is -2.47. The zero-order chi connectivity index (χ0) is 25.4. The minimum Gasteiger partial charge on any atom is -0.301 e. The lowest BCUT2D eigenvalue weighted by atomic mass is 9.52. The first-order valence-electron chi connectivity index (χ1n) is 13.3. The van der Waals surface area contributed by atoms with Crippen molar-refractivity contribution < 1.29 is 4.79 Å². The van der Waals surface area contributed by atoms with Crippen molar-refractivity contribution in [2.45, 2.75) is 31.6 Å². The molecule has 184 valence electrons. The van der Waals surface area contributed by atoms with E-state index in [4.69, 9.17) is 4.98 Å². The maximum Gasteiger partial charge on any atom is 0.233 e. The van der Waals surface area contributed by atoms with Crippen molar-refractivity contribution in [2.24, 2.45) is 5.41 Å². The van der Waals surface area contributed by atoms with Gasteiger partial charge in [0.05, 0.1) is 11.1 Å². The molecule has 0 radical (unpaired) electrons. The van der Waals surface area contributed by atoms with E-state index in [-0.39, 0.29) is 17.7 Å². The molecule has 38 heavy (non-hydrogen) atoms. The summed E-state index contributed by atoms with van der Waals surface area (Å²) in [6.45, 7) is 2.14. The molecule has 1 amide bonds. The van der Waals surface area contributed by atoms with E-state index in [9.17, 15) is 4.79 Å². The fraction of sp³-hybridized carbons (Fsp3) is 0.176. The van der Waals surface area contributed by atoms with E-state index in [0.717, 1.165) is 24.1 Å². The Labute approximate surface area is 226 Å². The Bertz CT molecular complexity index is 1720. The molecule has 1 aromatic heterocycles. The first kappa shape index (κ1) is 22.0. The zero-order valence-electron chi connectivity index (χ0n) is 21.1. The summed E-state index contributed by atoms with van der Waals surface area (Å²) in [5.41, 5.74) is 12.2. The summed E-state index contributed by atoms with van der Waals surface area (Å²) < 4.78 is 0. The van der Waals surface area contributed by atoms with Crippen molar-refractivity contribution in [2.75, 3.05) is 5.32 Å². The molecule has 1 heterocycles. The second-order valence-electron chi connectivity index (χ2n) is 11.1. The van der Waals surface area contributed by atoms with E-state index in [1.165, 1.54) is 55.8 Å². The molecule has 1 N–H and O–H groups in total. The number of hydrogen-bond donors (Lipinski definition) is 1. The Kier molecular flexibility index (Phi) is 4.63. The minimum absolute atomic E-state index is 0.0395. The van der Waals surface area contributed by atoms with E-state index >= 15 is 0 Å². The number of thiazole rings is 1. The smallest absolute Gasteiger partial charge is 0.233 e. The van der Waals surface area contributed by atoms with Crippen LogP contribution in [0, 0.1) is 5.41 Å². The van der Waals surface area contributed by atoms with Gasteiger partial charge in [0.2, 0.25) is 5.91 Å². The van der Waals surface area contributed by atoms with Gasteiger partial charge in [-0.1, -0.05) is 84.9 Å². The number of nitrogens with zero attached hydrogens (tertiary/aromatic N) is 1. The van der Waals surface area contributed by atoms with Crippen LogP contribution in [0.25, 0.3) is 22.4 Å². The lowest BCUT2D eigenvalue weighted by molar-refractivity contribution is -0.126. The van der Waals surface area contributed by atoms with Crippen molar-refractivity contribution >= 4 is 22.4 Å². The summed E-state index contributed by atoms with van der Waals surface area (Å²) in [4.78, 5) is 18.8. The first-order valence-corrected chi connectivity index (χ1v) is 14.1. The fourth-order valence-electron chi connectivity index (χ4n) is 7.20. The van der Waals surface area contributed by atoms with Gasteiger partial charge in [0.25, 0.3) is 0 Å². The Morgan fingerprint density at radius 2 is 1.50 bits per heavy atom. The van der Waals surface area contributed by atoms with Crippen LogP contribution in [0.5, 0.6) is 0 Å². The highest BCUT2D eigenvalue weighted by Gasteiger charge is 2.54. The summed E-state index contributed by atoms with van der Waals surface area (Å²) in [6, 6.07) is 32.6. The molecule has 0 saturated heterocycles. The highest BCUT2D eigenvalue weighted by molar-refractivity contribution is 7.14. The van der Waals surface area contributed by atoms with Gasteiger partial charge in [0, 0.05) is 22.8 Å². The number of carbonyl (C=O) groups excluding carboxylic acids is 1. The number of hydrogen-bond acceptors (Lipinski definition) is 3. The lowest BCUT2D eigenvalue weighted by Gasteiger charge is -2.50. The number of anilines is 1. The van der Waals surface area contributed by atoms with Crippen LogP contribution in [0.3, 0.4) is 0 Å². The van der Waals surface area contributed by atoms with E-state index in [1.807, 2.05) is 0 Å². The van der Waals surface area contributed by atoms with Crippen LogP contribution >= 0.6 is 11.3 Å². The highest BCUT2D eigenvalue weighted by atomic mass is 32.1. The number of fused-ring (bicyclic) bond motifs is 4. The molecular formula is C34H26N2OS. The number of nitrogens with one attached hydrogen (secondary N) is 1. The average molecular weight is 511 g/mol. The highest BCUT2D eigenvalue weighted by Crippen LogP contribution is 2.61. The van der Waals surface area contributed by atoms with Crippen molar-refractivity contribution in [3.63, 3.8) is 0 Å². The third-order valence-electron chi connectivity index (χ3n) is 8.96. The van der Waals surface area contributed by atoms with Crippen LogP contribution in [0.1, 0.15) is 58.6 Å². The number of rotatable bonds is 3. The van der Waals surface area contributed by atoms with E-state index in [0.29, 0.717) is 5.13 Å². The molecule has 0 saturated carbocycles. The van der Waals surface area contributed by atoms with E-state index in [1.54, 1.807) is 0 Å². The standard InChI is InChI=1S/C34H26N2OS/c1-34(18-29-25-10-4-6-12-27(25)31(34)28-13-7-5-11-26(28)29)32(37)36-33-35-30(19-38-33)21-14-15-24-22(17-21)16-20-8-2-3-9-23(20)24/h2-15,17,19,29,31H,16,18H2,1H3,(H,35,36,37). The molecule has 4 aliphatic carbocycles. The van der Waals surface area contributed by atoms with Crippen LogP contribution in [-0.2, 0) is 11.2 Å². The van der Waals surface area contributed by atoms with E-state index in [2.05, 4.69) is 109 Å². The normalized spacial score (nSPS) is 21.8. The molecule has 5 aromatic rings. The van der Waals surface area contributed by atoms with Crippen molar-refractivity contribution in [1.29, 1.82) is 0 Å². The number of aromatic nitrogens is 1. The van der Waals surface area contributed by atoms with Gasteiger partial charge in [-0.15, -0.1) is 11.3 Å². The van der Waals surface area contributed by atoms with Gasteiger partial charge in [0.1, 0.15) is 0 Å². The molecular weight excluding hydrogens is 484 g/mol. The van der Waals surface area contributed by atoms with Gasteiger partial charge in [0.15, 0.2) is 5.13 Å². The quantitative estimate of drug-likeness (QED) is 0.262. The molecule has 0 spiro atoms. The predicted molar refractivity (Wildman–Crippen MR) is 154 cm³/mol. The summed E-state index contributed by atoms with van der Waals surface area (Å²) in [5, 5.41) is 5.94. The van der Waals surface area contributed by atoms with Crippen LogP contribution < -0.4 is 5.32 Å². The molecule has 3 nitrogen and oxygen atoms in total. The molecule has 0 aliphatic heterocycles. The molecule has 4 aromatic carbocycles. The second-order valence-corrected chi connectivity index (χ2v) is 11.9. The zero-order valence-corrected chi connectivity index (χ0v) is 21.9. The average Bonchev–Trinajstić information content (AvgIpc) is 3.57. The Hall–Kier alpha value is -4.02. The van der Waals surface area contributed by atoms with Gasteiger partial charge in [-0.05, 0) is 70.3 Å². The van der Waals surface area contributed by atoms with Crippen LogP contribution in [0.4, 0.5) is 5.13 Å². The van der Waals surface area contributed by atoms with Gasteiger partial charge >= 0.3 is 0 Å². The van der Waals surface area contributed by atoms with Crippen molar-refractivity contribution in [1.82, 2.24) is 4.98 Å². The topological polar surface area (TPSA) is 42.0 Å². The molecule has 1 atom stereocenters. The Balaban J connectivity index is 1.09. The molecule has 9 rings (SSSR count). The van der Waals surface area contributed by atoms with Gasteiger partial charge in [-0.2, -0.15) is 0 Å². The third kappa shape index (κ3) is 3.07. The van der Waals surface area contributed by atoms with Gasteiger partial charge in [-0.25, -0.2) is 4.98 Å². The maximum absolute atomic E-state index is 14.0. The minimum atomic E-state index is -0.543. The number of amides is 1. The first-order chi connectivity index (χ1) is 18.6. The SMILES string of the molecule is CC1(C(=O)Nc2nc(-c3ccc4c(c3)Cc3ccccc3-4)cs2)CC2c3ccccc3C1c1ccccc12. The molecule has 2 bridgehead atoms. The van der Waals surface area contributed by atoms with Gasteiger partial charge < -0.3 is 5.32 Å². The van der Waals surface area contributed by atoms with Gasteiger partial charge in [-0.3, -0.25) is 4.79 Å². The Morgan fingerprint density at radius 1 is 0.842 bits per heavy atom. The monoisotopic (exact) mass is 510 g/mol. The third-order valence-corrected chi connectivity index (χ3v) is 9.72.